The van der Waals surface area contributed by atoms with Gasteiger partial charge in [0.25, 0.3) is 0 Å². The average molecular weight is 474 g/mol. The minimum absolute atomic E-state index is 0.0547. The average Bonchev–Trinajstić information content (AvgIpc) is 3.09. The summed E-state index contributed by atoms with van der Waals surface area (Å²) < 4.78 is 31.2. The Morgan fingerprint density at radius 2 is 1.81 bits per heavy atom. The molecule has 1 aliphatic rings. The number of hydrogen-bond donors (Lipinski definition) is 1. The molecule has 1 N–H and O–H groups in total. The second-order valence-corrected chi connectivity index (χ2v) is 11.5. The smallest absolute Gasteiger partial charge is 0.308 e. The van der Waals surface area contributed by atoms with Crippen LogP contribution in [0.5, 0.6) is 0 Å². The van der Waals surface area contributed by atoms with Crippen LogP contribution in [-0.2, 0) is 16.6 Å². The Hall–Kier alpha value is -2.16. The summed E-state index contributed by atoms with van der Waals surface area (Å²) in [4.78, 5) is 14.7. The molecule has 1 aromatic heterocycles. The van der Waals surface area contributed by atoms with E-state index in [1.54, 1.807) is 22.8 Å². The molecule has 0 radical (unpaired) electrons. The van der Waals surface area contributed by atoms with Crippen LogP contribution >= 0.6 is 11.3 Å². The molecule has 172 valence electrons. The normalized spacial score (nSPS) is 16.5. The fourth-order valence-corrected chi connectivity index (χ4v) is 6.55. The Bertz CT molecular complexity index is 1240. The van der Waals surface area contributed by atoms with Crippen LogP contribution in [-0.4, -0.2) is 26.1 Å². The molecule has 0 aliphatic carbocycles. The van der Waals surface area contributed by atoms with Gasteiger partial charge in [-0.1, -0.05) is 37.3 Å². The molecule has 0 bridgehead atoms. The molecule has 1 fully saturated rings. The maximum atomic E-state index is 13.0. The molecule has 1 saturated heterocycles. The summed E-state index contributed by atoms with van der Waals surface area (Å²) in [7, 11) is -3.72. The number of aromatic nitrogens is 1. The number of sulfonamides is 1. The van der Waals surface area contributed by atoms with Crippen LogP contribution < -0.4 is 14.5 Å². The summed E-state index contributed by atoms with van der Waals surface area (Å²) in [5.41, 5.74) is 2.90. The SMILES string of the molecule is CCCn1c(=O)sc2cc(S(=O)(=O)N[C@H](C)c3ccc(N4CCC(C)CC4)cc3)ccc21. The van der Waals surface area contributed by atoms with Gasteiger partial charge in [0.2, 0.25) is 10.0 Å². The summed E-state index contributed by atoms with van der Waals surface area (Å²) in [6.07, 6.45) is 3.26. The molecule has 2 aromatic carbocycles. The van der Waals surface area contributed by atoms with E-state index in [1.807, 2.05) is 26.0 Å². The van der Waals surface area contributed by atoms with Crippen molar-refractivity contribution in [3.05, 3.63) is 57.7 Å². The van der Waals surface area contributed by atoms with E-state index in [2.05, 4.69) is 28.7 Å². The number of benzene rings is 2. The zero-order valence-corrected chi connectivity index (χ0v) is 20.5. The Labute approximate surface area is 193 Å². The van der Waals surface area contributed by atoms with Gasteiger partial charge < -0.3 is 4.90 Å². The number of rotatable bonds is 7. The molecule has 0 spiro atoms. The van der Waals surface area contributed by atoms with Crippen LogP contribution in [0.3, 0.4) is 0 Å². The molecular formula is C24H31N3O3S2. The second kappa shape index (κ2) is 9.37. The number of thiazole rings is 1. The fraction of sp³-hybridized carbons (Fsp3) is 0.458. The summed E-state index contributed by atoms with van der Waals surface area (Å²) in [6.45, 7) is 8.93. The number of hydrogen-bond acceptors (Lipinski definition) is 5. The van der Waals surface area contributed by atoms with Gasteiger partial charge in [0.1, 0.15) is 0 Å². The van der Waals surface area contributed by atoms with Gasteiger partial charge in [0, 0.05) is 31.4 Å². The van der Waals surface area contributed by atoms with E-state index in [-0.39, 0.29) is 15.8 Å². The highest BCUT2D eigenvalue weighted by atomic mass is 32.2. The molecule has 0 saturated carbocycles. The largest absolute Gasteiger partial charge is 0.372 e. The number of nitrogens with one attached hydrogen (secondary N) is 1. The Balaban J connectivity index is 1.49. The summed E-state index contributed by atoms with van der Waals surface area (Å²) in [5, 5.41) is 0. The van der Waals surface area contributed by atoms with Crippen molar-refractivity contribution in [3.8, 4) is 0 Å². The number of aryl methyl sites for hydroxylation is 1. The lowest BCUT2D eigenvalue weighted by Crippen LogP contribution is -2.32. The first-order valence-corrected chi connectivity index (χ1v) is 13.6. The Morgan fingerprint density at radius 3 is 2.47 bits per heavy atom. The van der Waals surface area contributed by atoms with Gasteiger partial charge in [0.15, 0.2) is 0 Å². The van der Waals surface area contributed by atoms with Crippen LogP contribution in [0.25, 0.3) is 10.2 Å². The molecule has 8 heteroatoms. The maximum Gasteiger partial charge on any atom is 0.308 e. The second-order valence-electron chi connectivity index (χ2n) is 8.75. The van der Waals surface area contributed by atoms with E-state index in [4.69, 9.17) is 0 Å². The molecule has 6 nitrogen and oxygen atoms in total. The number of nitrogens with zero attached hydrogens (tertiary/aromatic N) is 2. The quantitative estimate of drug-likeness (QED) is 0.538. The number of piperidine rings is 1. The predicted octanol–water partition coefficient (Wildman–Crippen LogP) is 4.75. The number of anilines is 1. The molecule has 1 atom stereocenters. The van der Waals surface area contributed by atoms with E-state index in [9.17, 15) is 13.2 Å². The lowest BCUT2D eigenvalue weighted by Gasteiger charge is -2.32. The van der Waals surface area contributed by atoms with Gasteiger partial charge in [-0.25, -0.2) is 13.1 Å². The van der Waals surface area contributed by atoms with E-state index < -0.39 is 10.0 Å². The van der Waals surface area contributed by atoms with Crippen molar-refractivity contribution in [1.82, 2.24) is 9.29 Å². The van der Waals surface area contributed by atoms with Gasteiger partial charge in [-0.05, 0) is 68.0 Å². The van der Waals surface area contributed by atoms with Gasteiger partial charge in [0.05, 0.1) is 15.1 Å². The molecule has 2 heterocycles. The van der Waals surface area contributed by atoms with Crippen molar-refractivity contribution >= 4 is 37.3 Å². The summed E-state index contributed by atoms with van der Waals surface area (Å²) in [6, 6.07) is 12.7. The van der Waals surface area contributed by atoms with Gasteiger partial charge in [-0.3, -0.25) is 9.36 Å². The molecule has 4 rings (SSSR count). The molecule has 0 unspecified atom stereocenters. The highest BCUT2D eigenvalue weighted by molar-refractivity contribution is 7.89. The third-order valence-corrected chi connectivity index (χ3v) is 8.75. The van der Waals surface area contributed by atoms with Crippen molar-refractivity contribution in [1.29, 1.82) is 0 Å². The third kappa shape index (κ3) is 4.77. The van der Waals surface area contributed by atoms with E-state index in [0.29, 0.717) is 11.2 Å². The van der Waals surface area contributed by atoms with Crippen molar-refractivity contribution in [2.24, 2.45) is 5.92 Å². The van der Waals surface area contributed by atoms with Crippen molar-refractivity contribution in [3.63, 3.8) is 0 Å². The Morgan fingerprint density at radius 1 is 1.12 bits per heavy atom. The third-order valence-electron chi connectivity index (χ3n) is 6.27. The lowest BCUT2D eigenvalue weighted by atomic mass is 9.98. The lowest BCUT2D eigenvalue weighted by molar-refractivity contribution is 0.438. The highest BCUT2D eigenvalue weighted by Gasteiger charge is 2.21. The van der Waals surface area contributed by atoms with Crippen LogP contribution in [0.15, 0.2) is 52.2 Å². The minimum atomic E-state index is -3.72. The van der Waals surface area contributed by atoms with Gasteiger partial charge in [-0.2, -0.15) is 0 Å². The fourth-order valence-electron chi connectivity index (χ4n) is 4.26. The molecule has 3 aromatic rings. The zero-order valence-electron chi connectivity index (χ0n) is 18.9. The zero-order chi connectivity index (χ0) is 22.9. The Kier molecular flexibility index (Phi) is 6.74. The predicted molar refractivity (Wildman–Crippen MR) is 132 cm³/mol. The number of fused-ring (bicyclic) bond motifs is 1. The summed E-state index contributed by atoms with van der Waals surface area (Å²) in [5.74, 6) is 0.783. The first-order chi connectivity index (χ1) is 15.3. The van der Waals surface area contributed by atoms with Crippen molar-refractivity contribution in [2.75, 3.05) is 18.0 Å². The molecular weight excluding hydrogens is 442 g/mol. The molecule has 1 aliphatic heterocycles. The van der Waals surface area contributed by atoms with Crippen LogP contribution in [0, 0.1) is 5.92 Å². The van der Waals surface area contributed by atoms with Crippen molar-refractivity contribution < 1.29 is 8.42 Å². The van der Waals surface area contributed by atoms with Gasteiger partial charge >= 0.3 is 4.87 Å². The monoisotopic (exact) mass is 473 g/mol. The van der Waals surface area contributed by atoms with E-state index in [0.717, 1.165) is 47.8 Å². The highest BCUT2D eigenvalue weighted by Crippen LogP contribution is 2.26. The summed E-state index contributed by atoms with van der Waals surface area (Å²) >= 11 is 1.09. The van der Waals surface area contributed by atoms with Crippen LogP contribution in [0.2, 0.25) is 0 Å². The first kappa shape index (κ1) is 23.0. The maximum absolute atomic E-state index is 13.0. The standard InChI is InChI=1S/C24H31N3O3S2/c1-4-13-27-22-10-9-21(16-23(22)31-24(27)28)32(29,30)25-18(3)19-5-7-20(8-6-19)26-14-11-17(2)12-15-26/h5-10,16-18,25H,4,11-15H2,1-3H3/t18-/m1/s1. The van der Waals surface area contributed by atoms with Gasteiger partial charge in [-0.15, -0.1) is 0 Å². The van der Waals surface area contributed by atoms with E-state index >= 15 is 0 Å². The minimum Gasteiger partial charge on any atom is -0.372 e. The molecule has 0 amide bonds. The van der Waals surface area contributed by atoms with Crippen LogP contribution in [0.4, 0.5) is 5.69 Å². The topological polar surface area (TPSA) is 71.4 Å². The molecule has 32 heavy (non-hydrogen) atoms. The van der Waals surface area contributed by atoms with E-state index in [1.165, 1.54) is 18.5 Å². The van der Waals surface area contributed by atoms with Crippen molar-refractivity contribution in [2.45, 2.75) is 57.5 Å². The van der Waals surface area contributed by atoms with Crippen LogP contribution in [0.1, 0.15) is 51.6 Å². The first-order valence-electron chi connectivity index (χ1n) is 11.3.